The van der Waals surface area contributed by atoms with Crippen LogP contribution in [-0.2, 0) is 10.5 Å². The fourth-order valence-corrected chi connectivity index (χ4v) is 3.31. The first-order chi connectivity index (χ1) is 13.5. The van der Waals surface area contributed by atoms with Crippen LogP contribution in [0.15, 0.2) is 39.9 Å². The first kappa shape index (κ1) is 19.9. The highest BCUT2D eigenvalue weighted by molar-refractivity contribution is 7.98. The van der Waals surface area contributed by atoms with Crippen LogP contribution in [0.1, 0.15) is 34.4 Å². The van der Waals surface area contributed by atoms with Gasteiger partial charge in [-0.3, -0.25) is 0 Å². The molecule has 0 aliphatic rings. The van der Waals surface area contributed by atoms with Gasteiger partial charge in [0.1, 0.15) is 11.1 Å². The van der Waals surface area contributed by atoms with E-state index < -0.39 is 5.97 Å². The van der Waals surface area contributed by atoms with Crippen LogP contribution in [0.3, 0.4) is 0 Å². The van der Waals surface area contributed by atoms with E-state index in [1.54, 1.807) is 38.1 Å². The molecule has 0 aliphatic heterocycles. The van der Waals surface area contributed by atoms with Gasteiger partial charge in [-0.1, -0.05) is 28.5 Å². The van der Waals surface area contributed by atoms with Crippen molar-refractivity contribution in [2.45, 2.75) is 24.6 Å². The van der Waals surface area contributed by atoms with E-state index in [-0.39, 0.29) is 17.7 Å². The summed E-state index contributed by atoms with van der Waals surface area (Å²) in [4.78, 5) is 20.7. The van der Waals surface area contributed by atoms with Crippen LogP contribution in [0.4, 0.5) is 0 Å². The Bertz CT molecular complexity index is 1040. The second kappa shape index (κ2) is 8.87. The number of benzene rings is 1. The first-order valence-corrected chi connectivity index (χ1v) is 9.68. The maximum absolute atomic E-state index is 12.0. The molecule has 3 aromatic rings. The molecule has 0 saturated heterocycles. The van der Waals surface area contributed by atoms with E-state index in [0.717, 1.165) is 5.56 Å². The molecule has 2 heterocycles. The summed E-state index contributed by atoms with van der Waals surface area (Å²) in [6, 6.07) is 10.7. The van der Waals surface area contributed by atoms with E-state index >= 15 is 0 Å². The lowest BCUT2D eigenvalue weighted by atomic mass is 10.1. The number of rotatable bonds is 6. The Kier molecular flexibility index (Phi) is 6.29. The number of carbonyl (C=O) groups is 1. The lowest BCUT2D eigenvalue weighted by molar-refractivity contribution is 0.0524. The molecule has 0 N–H and O–H groups in total. The minimum Gasteiger partial charge on any atom is -0.462 e. The third-order valence-electron chi connectivity index (χ3n) is 3.70. The number of nitriles is 1. The van der Waals surface area contributed by atoms with Gasteiger partial charge in [0.15, 0.2) is 0 Å². The largest absolute Gasteiger partial charge is 0.462 e. The summed E-state index contributed by atoms with van der Waals surface area (Å²) in [7, 11) is 0. The second-order valence-electron chi connectivity index (χ2n) is 5.61. The van der Waals surface area contributed by atoms with Gasteiger partial charge in [0.05, 0.1) is 29.2 Å². The van der Waals surface area contributed by atoms with Crippen LogP contribution in [0.5, 0.6) is 0 Å². The highest BCUT2D eigenvalue weighted by Gasteiger charge is 2.17. The molecule has 0 spiro atoms. The lowest BCUT2D eigenvalue weighted by Gasteiger charge is -2.08. The van der Waals surface area contributed by atoms with Gasteiger partial charge in [0.2, 0.25) is 11.7 Å². The Hall–Kier alpha value is -2.89. The molecule has 9 heteroatoms. The SMILES string of the molecule is CCOC(=O)c1cc(C#N)c(SCc2nc(-c3ccc(Cl)cc3)no2)nc1C. The van der Waals surface area contributed by atoms with Crippen LogP contribution >= 0.6 is 23.4 Å². The van der Waals surface area contributed by atoms with E-state index in [9.17, 15) is 10.1 Å². The zero-order chi connectivity index (χ0) is 20.1. The summed E-state index contributed by atoms with van der Waals surface area (Å²) < 4.78 is 10.3. The number of esters is 1. The fraction of sp³-hybridized carbons (Fsp3) is 0.211. The van der Waals surface area contributed by atoms with E-state index in [1.165, 1.54) is 17.8 Å². The molecule has 1 aromatic carbocycles. The normalized spacial score (nSPS) is 10.5. The molecule has 0 amide bonds. The van der Waals surface area contributed by atoms with Crippen LogP contribution in [0.2, 0.25) is 5.02 Å². The van der Waals surface area contributed by atoms with Gasteiger partial charge in [-0.05, 0) is 44.2 Å². The van der Waals surface area contributed by atoms with Crippen LogP contribution in [0, 0.1) is 18.3 Å². The Morgan fingerprint density at radius 3 is 2.75 bits per heavy atom. The van der Waals surface area contributed by atoms with Gasteiger partial charge in [0, 0.05) is 10.6 Å². The number of hydrogen-bond acceptors (Lipinski definition) is 8. The number of carbonyl (C=O) groups excluding carboxylic acids is 1. The van der Waals surface area contributed by atoms with Crippen molar-refractivity contribution in [2.24, 2.45) is 0 Å². The molecule has 0 aliphatic carbocycles. The third-order valence-corrected chi connectivity index (χ3v) is 4.92. The molecule has 3 rings (SSSR count). The number of halogens is 1. The summed E-state index contributed by atoms with van der Waals surface area (Å²) in [5.74, 6) is 0.688. The van der Waals surface area contributed by atoms with Gasteiger partial charge >= 0.3 is 5.97 Å². The molecule has 0 bridgehead atoms. The topological polar surface area (TPSA) is 102 Å². The maximum atomic E-state index is 12.0. The molecular weight excluding hydrogens is 400 g/mol. The quantitative estimate of drug-likeness (QED) is 0.431. The number of thioether (sulfide) groups is 1. The average Bonchev–Trinajstić information content (AvgIpc) is 3.16. The molecule has 2 aromatic heterocycles. The molecule has 0 radical (unpaired) electrons. The predicted molar refractivity (Wildman–Crippen MR) is 104 cm³/mol. The zero-order valence-corrected chi connectivity index (χ0v) is 16.7. The van der Waals surface area contributed by atoms with Crippen molar-refractivity contribution in [3.63, 3.8) is 0 Å². The molecular formula is C19H15ClN4O3S. The van der Waals surface area contributed by atoms with Crippen molar-refractivity contribution in [1.29, 1.82) is 5.26 Å². The Morgan fingerprint density at radius 1 is 1.32 bits per heavy atom. The van der Waals surface area contributed by atoms with Gasteiger partial charge in [0.25, 0.3) is 0 Å². The number of nitrogens with zero attached hydrogens (tertiary/aromatic N) is 4. The van der Waals surface area contributed by atoms with Crippen LogP contribution < -0.4 is 0 Å². The van der Waals surface area contributed by atoms with E-state index in [1.807, 2.05) is 0 Å². The van der Waals surface area contributed by atoms with Crippen molar-refractivity contribution in [1.82, 2.24) is 15.1 Å². The molecule has 0 fully saturated rings. The Labute approximate surface area is 170 Å². The summed E-state index contributed by atoms with van der Waals surface area (Å²) in [6.07, 6.45) is 0. The highest BCUT2D eigenvalue weighted by Crippen LogP contribution is 2.27. The molecule has 0 saturated carbocycles. The molecule has 0 unspecified atom stereocenters. The minimum atomic E-state index is -0.495. The number of aromatic nitrogens is 3. The summed E-state index contributed by atoms with van der Waals surface area (Å²) in [5.41, 5.74) is 1.85. The molecule has 28 heavy (non-hydrogen) atoms. The molecule has 142 valence electrons. The number of pyridine rings is 1. The standard InChI is InChI=1S/C19H15ClN4O3S/c1-3-26-19(25)15-8-13(9-21)18(22-11(15)2)28-10-16-23-17(24-27-16)12-4-6-14(20)7-5-12/h4-8H,3,10H2,1-2H3. The number of ether oxygens (including phenoxy) is 1. The first-order valence-electron chi connectivity index (χ1n) is 8.32. The lowest BCUT2D eigenvalue weighted by Crippen LogP contribution is -2.09. The summed E-state index contributed by atoms with van der Waals surface area (Å²) in [5, 5.41) is 14.5. The number of hydrogen-bond donors (Lipinski definition) is 0. The fourth-order valence-electron chi connectivity index (χ4n) is 2.35. The third kappa shape index (κ3) is 4.50. The number of aryl methyl sites for hydroxylation is 1. The zero-order valence-electron chi connectivity index (χ0n) is 15.1. The average molecular weight is 415 g/mol. The summed E-state index contributed by atoms with van der Waals surface area (Å²) in [6.45, 7) is 3.67. The van der Waals surface area contributed by atoms with Gasteiger partial charge in [-0.15, -0.1) is 0 Å². The van der Waals surface area contributed by atoms with Gasteiger partial charge < -0.3 is 9.26 Å². The van der Waals surface area contributed by atoms with E-state index in [2.05, 4.69) is 21.2 Å². The monoisotopic (exact) mass is 414 g/mol. The van der Waals surface area contributed by atoms with Gasteiger partial charge in [-0.2, -0.15) is 10.2 Å². The Morgan fingerprint density at radius 2 is 2.07 bits per heavy atom. The highest BCUT2D eigenvalue weighted by atomic mass is 35.5. The minimum absolute atomic E-state index is 0.254. The van der Waals surface area contributed by atoms with Crippen molar-refractivity contribution < 1.29 is 14.1 Å². The van der Waals surface area contributed by atoms with Crippen LogP contribution in [0.25, 0.3) is 11.4 Å². The maximum Gasteiger partial charge on any atom is 0.340 e. The van der Waals surface area contributed by atoms with Gasteiger partial charge in [-0.25, -0.2) is 9.78 Å². The van der Waals surface area contributed by atoms with E-state index in [4.69, 9.17) is 20.9 Å². The van der Waals surface area contributed by atoms with Crippen LogP contribution in [-0.4, -0.2) is 27.7 Å². The Balaban J connectivity index is 1.76. The van der Waals surface area contributed by atoms with Crippen molar-refractivity contribution >= 4 is 29.3 Å². The summed E-state index contributed by atoms with van der Waals surface area (Å²) >= 11 is 7.16. The molecule has 7 nitrogen and oxygen atoms in total. The van der Waals surface area contributed by atoms with E-state index in [0.29, 0.717) is 33.2 Å². The van der Waals surface area contributed by atoms with Crippen molar-refractivity contribution in [3.8, 4) is 17.5 Å². The van der Waals surface area contributed by atoms with Crippen molar-refractivity contribution in [2.75, 3.05) is 6.61 Å². The predicted octanol–water partition coefficient (Wildman–Crippen LogP) is 4.43. The van der Waals surface area contributed by atoms with Crippen molar-refractivity contribution in [3.05, 3.63) is 58.1 Å². The smallest absolute Gasteiger partial charge is 0.340 e. The second-order valence-corrected chi connectivity index (χ2v) is 7.01. The molecule has 0 atom stereocenters.